The predicted octanol–water partition coefficient (Wildman–Crippen LogP) is 2.07. The van der Waals surface area contributed by atoms with Gasteiger partial charge in [0.25, 0.3) is 5.91 Å². The fraction of sp³-hybridized carbons (Fsp3) is 0.571. The lowest BCUT2D eigenvalue weighted by molar-refractivity contribution is 0.0727. The number of anilines is 1. The van der Waals surface area contributed by atoms with Crippen LogP contribution < -0.4 is 10.6 Å². The monoisotopic (exact) mass is 295 g/mol. The smallest absolute Gasteiger partial charge is 0.271 e. The molecule has 1 amide bonds. The molecule has 2 fully saturated rings. The zero-order valence-electron chi connectivity index (χ0n) is 11.4. The Hall–Kier alpha value is -1.33. The number of carbonyl (C=O) groups excluding carboxylic acids is 1. The van der Waals surface area contributed by atoms with E-state index in [1.807, 2.05) is 0 Å². The summed E-state index contributed by atoms with van der Waals surface area (Å²) in [6, 6.07) is 3.50. The van der Waals surface area contributed by atoms with Gasteiger partial charge in [-0.15, -0.1) is 0 Å². The molecule has 1 aliphatic heterocycles. The van der Waals surface area contributed by atoms with E-state index >= 15 is 0 Å². The van der Waals surface area contributed by atoms with Gasteiger partial charge in [-0.05, 0) is 37.3 Å². The maximum absolute atomic E-state index is 12.3. The molecule has 2 unspecified atom stereocenters. The van der Waals surface area contributed by atoms with Crippen molar-refractivity contribution < 1.29 is 9.53 Å². The van der Waals surface area contributed by atoms with Crippen LogP contribution in [0.15, 0.2) is 12.1 Å². The molecule has 5 nitrogen and oxygen atoms in total. The van der Waals surface area contributed by atoms with Crippen LogP contribution in [0.3, 0.4) is 0 Å². The van der Waals surface area contributed by atoms with Crippen LogP contribution in [0.2, 0.25) is 5.02 Å². The van der Waals surface area contributed by atoms with Gasteiger partial charge in [-0.3, -0.25) is 4.79 Å². The highest BCUT2D eigenvalue weighted by molar-refractivity contribution is 6.33. The molecule has 2 aliphatic rings. The highest BCUT2D eigenvalue weighted by Crippen LogP contribution is 2.38. The number of amides is 1. The summed E-state index contributed by atoms with van der Waals surface area (Å²) in [5.74, 6) is 1.00. The van der Waals surface area contributed by atoms with Crippen LogP contribution >= 0.6 is 11.6 Å². The van der Waals surface area contributed by atoms with Crippen LogP contribution in [0.1, 0.15) is 29.8 Å². The summed E-state index contributed by atoms with van der Waals surface area (Å²) in [5.41, 5.74) is 0.264. The highest BCUT2D eigenvalue weighted by atomic mass is 35.5. The molecule has 1 aromatic rings. The van der Waals surface area contributed by atoms with Gasteiger partial charge in [-0.2, -0.15) is 0 Å². The van der Waals surface area contributed by atoms with Crippen molar-refractivity contribution in [2.75, 3.05) is 19.0 Å². The van der Waals surface area contributed by atoms with Crippen molar-refractivity contribution >= 4 is 23.3 Å². The quantitative estimate of drug-likeness (QED) is 0.893. The molecular weight excluding hydrogens is 278 g/mol. The van der Waals surface area contributed by atoms with Gasteiger partial charge in [0.15, 0.2) is 0 Å². The lowest BCUT2D eigenvalue weighted by atomic mass is 10.1. The zero-order chi connectivity index (χ0) is 14.1. The SMILES string of the molecule is CNc1ccc(Cl)c(C(=O)NC2CCOC2C2CC2)n1. The number of hydrogen-bond acceptors (Lipinski definition) is 4. The first kappa shape index (κ1) is 13.6. The van der Waals surface area contributed by atoms with Crippen LogP contribution in [-0.2, 0) is 4.74 Å². The molecule has 0 aromatic carbocycles. The summed E-state index contributed by atoms with van der Waals surface area (Å²) in [4.78, 5) is 16.6. The lowest BCUT2D eigenvalue weighted by Gasteiger charge is -2.19. The number of nitrogens with zero attached hydrogens (tertiary/aromatic N) is 1. The number of rotatable bonds is 4. The van der Waals surface area contributed by atoms with Crippen LogP contribution in [0.25, 0.3) is 0 Å². The van der Waals surface area contributed by atoms with Gasteiger partial charge in [0.1, 0.15) is 11.5 Å². The maximum Gasteiger partial charge on any atom is 0.271 e. The maximum atomic E-state index is 12.3. The summed E-state index contributed by atoms with van der Waals surface area (Å²) in [6.07, 6.45) is 3.41. The molecule has 1 aliphatic carbocycles. The lowest BCUT2D eigenvalue weighted by Crippen LogP contribution is -2.41. The molecule has 0 radical (unpaired) electrons. The third-order valence-corrected chi connectivity index (χ3v) is 4.16. The largest absolute Gasteiger partial charge is 0.376 e. The van der Waals surface area contributed by atoms with Gasteiger partial charge >= 0.3 is 0 Å². The average Bonchev–Trinajstić information content (AvgIpc) is 3.20. The molecule has 3 rings (SSSR count). The molecule has 2 N–H and O–H groups in total. The zero-order valence-corrected chi connectivity index (χ0v) is 12.1. The Morgan fingerprint density at radius 3 is 2.90 bits per heavy atom. The molecule has 6 heteroatoms. The van der Waals surface area contributed by atoms with E-state index in [0.717, 1.165) is 6.42 Å². The first-order valence-corrected chi connectivity index (χ1v) is 7.33. The molecule has 1 aromatic heterocycles. The molecule has 108 valence electrons. The van der Waals surface area contributed by atoms with Crippen molar-refractivity contribution in [1.29, 1.82) is 0 Å². The van der Waals surface area contributed by atoms with Crippen molar-refractivity contribution in [3.8, 4) is 0 Å². The van der Waals surface area contributed by atoms with E-state index in [9.17, 15) is 4.79 Å². The van der Waals surface area contributed by atoms with E-state index in [0.29, 0.717) is 23.4 Å². The number of halogens is 1. The molecule has 1 saturated carbocycles. The second-order valence-electron chi connectivity index (χ2n) is 5.32. The topological polar surface area (TPSA) is 63.2 Å². The Morgan fingerprint density at radius 1 is 1.40 bits per heavy atom. The summed E-state index contributed by atoms with van der Waals surface area (Å²) < 4.78 is 5.72. The third kappa shape index (κ3) is 2.74. The van der Waals surface area contributed by atoms with E-state index in [1.54, 1.807) is 19.2 Å². The van der Waals surface area contributed by atoms with Crippen molar-refractivity contribution in [3.05, 3.63) is 22.8 Å². The standard InChI is InChI=1S/C14H18ClN3O2/c1-16-11-5-4-9(15)12(18-11)14(19)17-10-6-7-20-13(10)8-2-3-8/h4-5,8,10,13H,2-3,6-7H2,1H3,(H,16,18)(H,17,19). The minimum absolute atomic E-state index is 0.0751. The Balaban J connectivity index is 1.72. The molecule has 1 saturated heterocycles. The molecule has 2 heterocycles. The highest BCUT2D eigenvalue weighted by Gasteiger charge is 2.41. The minimum atomic E-state index is -0.228. The molecule has 2 atom stereocenters. The summed E-state index contributed by atoms with van der Waals surface area (Å²) in [7, 11) is 1.76. The van der Waals surface area contributed by atoms with Crippen LogP contribution in [0.4, 0.5) is 5.82 Å². The van der Waals surface area contributed by atoms with Gasteiger partial charge in [-0.1, -0.05) is 11.6 Å². The fourth-order valence-corrected chi connectivity index (χ4v) is 2.82. The first-order chi connectivity index (χ1) is 9.69. The molecular formula is C14H18ClN3O2. The van der Waals surface area contributed by atoms with E-state index in [4.69, 9.17) is 16.3 Å². The Kier molecular flexibility index (Phi) is 3.81. The van der Waals surface area contributed by atoms with Gasteiger partial charge < -0.3 is 15.4 Å². The van der Waals surface area contributed by atoms with E-state index in [-0.39, 0.29) is 23.7 Å². The molecule has 0 bridgehead atoms. The normalized spacial score (nSPS) is 25.5. The van der Waals surface area contributed by atoms with Crippen LogP contribution in [0.5, 0.6) is 0 Å². The van der Waals surface area contributed by atoms with Crippen molar-refractivity contribution in [3.63, 3.8) is 0 Å². The van der Waals surface area contributed by atoms with E-state index < -0.39 is 0 Å². The van der Waals surface area contributed by atoms with Crippen molar-refractivity contribution in [2.45, 2.75) is 31.4 Å². The Bertz CT molecular complexity index is 519. The van der Waals surface area contributed by atoms with Crippen LogP contribution in [-0.4, -0.2) is 36.7 Å². The van der Waals surface area contributed by atoms with E-state index in [1.165, 1.54) is 12.8 Å². The van der Waals surface area contributed by atoms with Gasteiger partial charge in [-0.25, -0.2) is 4.98 Å². The number of carbonyl (C=O) groups is 1. The summed E-state index contributed by atoms with van der Waals surface area (Å²) in [5, 5.41) is 6.29. The molecule has 20 heavy (non-hydrogen) atoms. The number of hydrogen-bond donors (Lipinski definition) is 2. The summed E-state index contributed by atoms with van der Waals surface area (Å²) >= 11 is 6.06. The average molecular weight is 296 g/mol. The fourth-order valence-electron chi connectivity index (χ4n) is 2.63. The Morgan fingerprint density at radius 2 is 2.20 bits per heavy atom. The predicted molar refractivity (Wildman–Crippen MR) is 77.1 cm³/mol. The number of nitrogens with one attached hydrogen (secondary N) is 2. The number of ether oxygens (including phenoxy) is 1. The second-order valence-corrected chi connectivity index (χ2v) is 5.73. The van der Waals surface area contributed by atoms with Gasteiger partial charge in [0.2, 0.25) is 0 Å². The summed E-state index contributed by atoms with van der Waals surface area (Å²) in [6.45, 7) is 0.712. The Labute approximate surface area is 123 Å². The van der Waals surface area contributed by atoms with Crippen molar-refractivity contribution in [2.24, 2.45) is 5.92 Å². The molecule has 0 spiro atoms. The second kappa shape index (κ2) is 5.58. The minimum Gasteiger partial charge on any atom is -0.376 e. The third-order valence-electron chi connectivity index (χ3n) is 3.86. The van der Waals surface area contributed by atoms with Gasteiger partial charge in [0.05, 0.1) is 17.2 Å². The number of pyridine rings is 1. The van der Waals surface area contributed by atoms with Crippen LogP contribution in [0, 0.1) is 5.92 Å². The first-order valence-electron chi connectivity index (χ1n) is 6.96. The van der Waals surface area contributed by atoms with Crippen molar-refractivity contribution in [1.82, 2.24) is 10.3 Å². The van der Waals surface area contributed by atoms with Gasteiger partial charge in [0, 0.05) is 13.7 Å². The number of aromatic nitrogens is 1. The van der Waals surface area contributed by atoms with E-state index in [2.05, 4.69) is 15.6 Å².